The van der Waals surface area contributed by atoms with Crippen LogP contribution in [0.4, 0.5) is 21.5 Å². The number of hydrogen-bond donors (Lipinski definition) is 2. The fourth-order valence-corrected chi connectivity index (χ4v) is 2.26. The number of para-hydroxylation sites is 1. The maximum Gasteiger partial charge on any atom is 0.148 e. The standard InChI is InChI=1S/C15H11ClFN3/c16-11-2-1-3-12(17)15(11)20-13-5-4-9-8-19-7-6-10(9)14(13)18/h1-8,20H,18H2. The van der Waals surface area contributed by atoms with E-state index in [4.69, 9.17) is 17.3 Å². The van der Waals surface area contributed by atoms with Crippen molar-refractivity contribution in [1.82, 2.24) is 4.98 Å². The fraction of sp³-hybridized carbons (Fsp3) is 0. The first-order valence-electron chi connectivity index (χ1n) is 6.00. The SMILES string of the molecule is Nc1c(Nc2c(F)cccc2Cl)ccc2cnccc12. The van der Waals surface area contributed by atoms with Crippen LogP contribution in [0, 0.1) is 5.82 Å². The van der Waals surface area contributed by atoms with Gasteiger partial charge in [-0.15, -0.1) is 0 Å². The van der Waals surface area contributed by atoms with E-state index >= 15 is 0 Å². The normalized spacial score (nSPS) is 10.7. The zero-order chi connectivity index (χ0) is 14.1. The van der Waals surface area contributed by atoms with Gasteiger partial charge >= 0.3 is 0 Å². The third kappa shape index (κ3) is 2.14. The van der Waals surface area contributed by atoms with Gasteiger partial charge in [0.05, 0.1) is 22.1 Å². The van der Waals surface area contributed by atoms with Gasteiger partial charge in [-0.2, -0.15) is 0 Å². The number of fused-ring (bicyclic) bond motifs is 1. The van der Waals surface area contributed by atoms with Crippen LogP contribution in [0.1, 0.15) is 0 Å². The number of hydrogen-bond acceptors (Lipinski definition) is 3. The van der Waals surface area contributed by atoms with E-state index < -0.39 is 5.82 Å². The maximum atomic E-state index is 13.8. The summed E-state index contributed by atoms with van der Waals surface area (Å²) in [6.45, 7) is 0. The number of nitrogens with one attached hydrogen (secondary N) is 1. The zero-order valence-corrected chi connectivity index (χ0v) is 11.2. The number of pyridine rings is 1. The average Bonchev–Trinajstić information content (AvgIpc) is 2.45. The van der Waals surface area contributed by atoms with E-state index in [9.17, 15) is 4.39 Å². The van der Waals surface area contributed by atoms with Crippen molar-refractivity contribution >= 4 is 39.4 Å². The third-order valence-electron chi connectivity index (χ3n) is 3.08. The van der Waals surface area contributed by atoms with Crippen molar-refractivity contribution in [2.45, 2.75) is 0 Å². The van der Waals surface area contributed by atoms with Crippen LogP contribution in [0.25, 0.3) is 10.8 Å². The number of aromatic nitrogens is 1. The van der Waals surface area contributed by atoms with Crippen LogP contribution in [0.2, 0.25) is 5.02 Å². The quantitative estimate of drug-likeness (QED) is 0.689. The van der Waals surface area contributed by atoms with Gasteiger partial charge in [-0.25, -0.2) is 4.39 Å². The highest BCUT2D eigenvalue weighted by molar-refractivity contribution is 6.33. The largest absolute Gasteiger partial charge is 0.397 e. The number of rotatable bonds is 2. The van der Waals surface area contributed by atoms with Crippen LogP contribution in [-0.2, 0) is 0 Å². The summed E-state index contributed by atoms with van der Waals surface area (Å²) in [6, 6.07) is 9.98. The Morgan fingerprint density at radius 3 is 2.80 bits per heavy atom. The highest BCUT2D eigenvalue weighted by Crippen LogP contribution is 2.33. The lowest BCUT2D eigenvalue weighted by atomic mass is 10.1. The molecule has 0 amide bonds. The van der Waals surface area contributed by atoms with Crippen LogP contribution in [0.5, 0.6) is 0 Å². The molecule has 0 bridgehead atoms. The molecule has 3 nitrogen and oxygen atoms in total. The van der Waals surface area contributed by atoms with E-state index in [0.29, 0.717) is 16.4 Å². The van der Waals surface area contributed by atoms with Gasteiger partial charge in [0.25, 0.3) is 0 Å². The van der Waals surface area contributed by atoms with Crippen molar-refractivity contribution in [3.63, 3.8) is 0 Å². The van der Waals surface area contributed by atoms with Crippen LogP contribution >= 0.6 is 11.6 Å². The number of benzene rings is 2. The molecule has 0 aliphatic rings. The summed E-state index contributed by atoms with van der Waals surface area (Å²) in [5.41, 5.74) is 7.47. The molecule has 0 radical (unpaired) electrons. The van der Waals surface area contributed by atoms with Crippen molar-refractivity contribution in [3.05, 3.63) is 59.6 Å². The van der Waals surface area contributed by atoms with Gasteiger partial charge < -0.3 is 11.1 Å². The van der Waals surface area contributed by atoms with Crippen LogP contribution < -0.4 is 11.1 Å². The number of nitrogen functional groups attached to an aromatic ring is 1. The minimum atomic E-state index is -0.424. The first kappa shape index (κ1) is 12.7. The lowest BCUT2D eigenvalue weighted by Crippen LogP contribution is -1.99. The highest BCUT2D eigenvalue weighted by Gasteiger charge is 2.10. The lowest BCUT2D eigenvalue weighted by molar-refractivity contribution is 0.632. The van der Waals surface area contributed by atoms with Gasteiger partial charge in [-0.1, -0.05) is 23.7 Å². The Bertz CT molecular complexity index is 769. The molecule has 3 aromatic rings. The Morgan fingerprint density at radius 2 is 2.00 bits per heavy atom. The van der Waals surface area contributed by atoms with Crippen LogP contribution in [0.15, 0.2) is 48.8 Å². The Balaban J connectivity index is 2.10. The predicted octanol–water partition coefficient (Wildman–Crippen LogP) is 4.35. The van der Waals surface area contributed by atoms with Gasteiger partial charge in [-0.05, 0) is 24.3 Å². The van der Waals surface area contributed by atoms with Gasteiger partial charge in [0.1, 0.15) is 5.82 Å². The minimum absolute atomic E-state index is 0.217. The molecule has 0 aliphatic carbocycles. The topological polar surface area (TPSA) is 50.9 Å². The lowest BCUT2D eigenvalue weighted by Gasteiger charge is -2.13. The number of nitrogens with two attached hydrogens (primary N) is 1. The second-order valence-corrected chi connectivity index (χ2v) is 4.75. The average molecular weight is 288 g/mol. The zero-order valence-electron chi connectivity index (χ0n) is 10.4. The first-order valence-corrected chi connectivity index (χ1v) is 6.38. The molecule has 20 heavy (non-hydrogen) atoms. The molecule has 0 saturated carbocycles. The van der Waals surface area contributed by atoms with E-state index in [1.54, 1.807) is 30.6 Å². The molecule has 100 valence electrons. The van der Waals surface area contributed by atoms with E-state index in [0.717, 1.165) is 10.8 Å². The van der Waals surface area contributed by atoms with Crippen LogP contribution in [0.3, 0.4) is 0 Å². The Morgan fingerprint density at radius 1 is 1.15 bits per heavy atom. The van der Waals surface area contributed by atoms with Crippen molar-refractivity contribution in [1.29, 1.82) is 0 Å². The number of anilines is 3. The molecular formula is C15H11ClFN3. The summed E-state index contributed by atoms with van der Waals surface area (Å²) in [7, 11) is 0. The highest BCUT2D eigenvalue weighted by atomic mass is 35.5. The summed E-state index contributed by atoms with van der Waals surface area (Å²) in [6.07, 6.45) is 3.39. The van der Waals surface area contributed by atoms with Gasteiger partial charge in [0, 0.05) is 23.2 Å². The summed E-state index contributed by atoms with van der Waals surface area (Å²) in [4.78, 5) is 4.04. The van der Waals surface area contributed by atoms with E-state index in [2.05, 4.69) is 10.3 Å². The molecule has 0 unspecified atom stereocenters. The molecule has 0 aliphatic heterocycles. The van der Waals surface area contributed by atoms with Crippen molar-refractivity contribution < 1.29 is 4.39 Å². The molecule has 3 rings (SSSR count). The molecule has 1 aromatic heterocycles. The fourth-order valence-electron chi connectivity index (χ4n) is 2.05. The van der Waals surface area contributed by atoms with Crippen LogP contribution in [-0.4, -0.2) is 4.98 Å². The molecule has 0 spiro atoms. The Kier molecular flexibility index (Phi) is 3.16. The van der Waals surface area contributed by atoms with Gasteiger partial charge in [-0.3, -0.25) is 4.98 Å². The summed E-state index contributed by atoms with van der Waals surface area (Å²) in [5.74, 6) is -0.424. The van der Waals surface area contributed by atoms with Crippen molar-refractivity contribution in [3.8, 4) is 0 Å². The number of nitrogens with zero attached hydrogens (tertiary/aromatic N) is 1. The molecule has 5 heteroatoms. The smallest absolute Gasteiger partial charge is 0.148 e. The molecule has 3 N–H and O–H groups in total. The van der Waals surface area contributed by atoms with Crippen molar-refractivity contribution in [2.24, 2.45) is 0 Å². The molecular weight excluding hydrogens is 277 g/mol. The summed E-state index contributed by atoms with van der Waals surface area (Å²) in [5, 5.41) is 5.04. The van der Waals surface area contributed by atoms with E-state index in [1.165, 1.54) is 6.07 Å². The van der Waals surface area contributed by atoms with Gasteiger partial charge in [0.15, 0.2) is 0 Å². The van der Waals surface area contributed by atoms with Gasteiger partial charge in [0.2, 0.25) is 0 Å². The summed E-state index contributed by atoms with van der Waals surface area (Å²) < 4.78 is 13.8. The van der Waals surface area contributed by atoms with Crippen molar-refractivity contribution in [2.75, 3.05) is 11.1 Å². The minimum Gasteiger partial charge on any atom is -0.397 e. The second-order valence-electron chi connectivity index (χ2n) is 4.35. The first-order chi connectivity index (χ1) is 9.66. The second kappa shape index (κ2) is 4.98. The third-order valence-corrected chi connectivity index (χ3v) is 3.40. The molecule has 2 aromatic carbocycles. The Labute approximate surface area is 120 Å². The molecule has 0 saturated heterocycles. The Hall–Kier alpha value is -2.33. The summed E-state index contributed by atoms with van der Waals surface area (Å²) >= 11 is 6.00. The molecule has 1 heterocycles. The maximum absolute atomic E-state index is 13.8. The number of halogens is 2. The van der Waals surface area contributed by atoms with E-state index in [1.807, 2.05) is 12.1 Å². The molecule has 0 atom stereocenters. The van der Waals surface area contributed by atoms with E-state index in [-0.39, 0.29) is 5.69 Å². The predicted molar refractivity (Wildman–Crippen MR) is 80.8 cm³/mol. The molecule has 0 fully saturated rings. The monoisotopic (exact) mass is 287 g/mol.